The fourth-order valence-corrected chi connectivity index (χ4v) is 15.2. The van der Waals surface area contributed by atoms with Crippen molar-refractivity contribution in [2.75, 3.05) is 14.1 Å². The zero-order chi connectivity index (χ0) is 19.5. The van der Waals surface area contributed by atoms with E-state index in [1.54, 1.807) is 0 Å². The normalized spacial score (nSPS) is 25.5. The summed E-state index contributed by atoms with van der Waals surface area (Å²) < 4.78 is 11.2. The molecule has 0 atom stereocenters. The van der Waals surface area contributed by atoms with Crippen LogP contribution in [0.2, 0.25) is 39.3 Å². The predicted molar refractivity (Wildman–Crippen MR) is 119 cm³/mol. The molecule has 8 heteroatoms. The smallest absolute Gasteiger partial charge is 0.126 e. The van der Waals surface area contributed by atoms with Gasteiger partial charge in [0.05, 0.1) is 0 Å². The molecule has 0 saturated carbocycles. The van der Waals surface area contributed by atoms with Gasteiger partial charge in [0.25, 0.3) is 0 Å². The third kappa shape index (κ3) is 4.69. The molecule has 0 aromatic rings. The van der Waals surface area contributed by atoms with Gasteiger partial charge in [0.15, 0.2) is 0 Å². The Hall–Kier alpha value is 1.13. The van der Waals surface area contributed by atoms with Crippen molar-refractivity contribution in [2.45, 2.75) is 91.9 Å². The fraction of sp³-hybridized carbons (Fsp3) is 1.00. The molecule has 1 aliphatic rings. The lowest BCUT2D eigenvalue weighted by Crippen LogP contribution is -2.63. The van der Waals surface area contributed by atoms with E-state index < -0.39 is 33.2 Å². The quantitative estimate of drug-likeness (QED) is 0.406. The minimum absolute atomic E-state index is 0.195. The molecule has 144 valence electrons. The molecule has 0 N–H and O–H groups in total. The minimum atomic E-state index is -1.36. The topological polar surface area (TPSA) is 13.0 Å². The van der Waals surface area contributed by atoms with Gasteiger partial charge in [-0.2, -0.15) is 0 Å². The third-order valence-corrected chi connectivity index (χ3v) is 19.7. The van der Waals surface area contributed by atoms with Gasteiger partial charge in [0.1, 0.15) is 33.2 Å². The van der Waals surface area contributed by atoms with Crippen LogP contribution < -0.4 is 0 Å². The Kier molecular flexibility index (Phi) is 6.70. The van der Waals surface area contributed by atoms with E-state index in [0.717, 1.165) is 0 Å². The van der Waals surface area contributed by atoms with E-state index in [9.17, 15) is 0 Å². The van der Waals surface area contributed by atoms with Crippen LogP contribution in [0.5, 0.6) is 0 Å². The highest BCUT2D eigenvalue weighted by atomic mass is 31.3. The van der Waals surface area contributed by atoms with Crippen LogP contribution in [-0.2, 0) is 0 Å². The maximum absolute atomic E-state index is 2.86. The molecule has 0 aromatic carbocycles. The second-order valence-electron chi connectivity index (χ2n) is 10.8. The second kappa shape index (κ2) is 6.94. The molecule has 0 unspecified atom stereocenters. The molecule has 0 aromatic heterocycles. The second-order valence-corrected chi connectivity index (χ2v) is 26.1. The molecule has 24 heavy (non-hydrogen) atoms. The van der Waals surface area contributed by atoms with Crippen molar-refractivity contribution in [1.29, 1.82) is 0 Å². The summed E-state index contributed by atoms with van der Waals surface area (Å²) >= 11 is 0. The standard InChI is InChI=1S/C16H42N4P2Si2/c1-15(2,3)19-21(17(7)23(9,10)11)20(16(4,5)6)22(19)18(8)24(12,13)14/h1-14H3. The SMILES string of the molecule is CN(P1N(C(C)(C)C)P(N(C)[Si](C)(C)C)N1C(C)(C)C)[Si](C)(C)C. The Morgan fingerprint density at radius 2 is 0.792 bits per heavy atom. The Bertz CT molecular complexity index is 399. The molecule has 0 aliphatic carbocycles. The van der Waals surface area contributed by atoms with Crippen LogP contribution in [0.1, 0.15) is 41.5 Å². The predicted octanol–water partition coefficient (Wildman–Crippen LogP) is 6.19. The van der Waals surface area contributed by atoms with E-state index in [0.29, 0.717) is 0 Å². The Balaban J connectivity index is 3.41. The van der Waals surface area contributed by atoms with Crippen molar-refractivity contribution in [3.05, 3.63) is 0 Å². The first-order valence-electron chi connectivity index (χ1n) is 8.99. The maximum Gasteiger partial charge on any atom is 0.126 e. The minimum Gasteiger partial charge on any atom is -0.281 e. The molecular weight excluding hydrogens is 366 g/mol. The molecule has 4 nitrogen and oxygen atoms in total. The summed E-state index contributed by atoms with van der Waals surface area (Å²) in [5.74, 6) is 0. The lowest BCUT2D eigenvalue weighted by molar-refractivity contribution is 0.255. The fourth-order valence-electron chi connectivity index (χ4n) is 2.39. The first-order chi connectivity index (χ1) is 10.3. The average Bonchev–Trinajstić information content (AvgIpc) is 2.19. The van der Waals surface area contributed by atoms with E-state index in [1.165, 1.54) is 0 Å². The van der Waals surface area contributed by atoms with Crippen LogP contribution in [0.25, 0.3) is 0 Å². The highest BCUT2D eigenvalue weighted by molar-refractivity contribution is 7.82. The monoisotopic (exact) mass is 408 g/mol. The molecule has 1 rings (SSSR count). The first kappa shape index (κ1) is 23.2. The summed E-state index contributed by atoms with van der Waals surface area (Å²) in [6.45, 7) is 29.2. The molecule has 0 spiro atoms. The van der Waals surface area contributed by atoms with Crippen molar-refractivity contribution in [3.63, 3.8) is 0 Å². The van der Waals surface area contributed by atoms with Gasteiger partial charge in [-0.15, -0.1) is 0 Å². The van der Waals surface area contributed by atoms with Crippen LogP contribution in [0.4, 0.5) is 0 Å². The van der Waals surface area contributed by atoms with Gasteiger partial charge >= 0.3 is 0 Å². The Labute approximate surface area is 157 Å². The number of nitrogens with zero attached hydrogens (tertiary/aromatic N) is 4. The highest BCUT2D eigenvalue weighted by Crippen LogP contribution is 2.83. The van der Waals surface area contributed by atoms with Gasteiger partial charge < -0.3 is 0 Å². The molecule has 1 saturated heterocycles. The summed E-state index contributed by atoms with van der Waals surface area (Å²) in [6.07, 6.45) is 0. The van der Waals surface area contributed by atoms with E-state index >= 15 is 0 Å². The zero-order valence-electron chi connectivity index (χ0n) is 18.7. The van der Waals surface area contributed by atoms with Gasteiger partial charge in [-0.3, -0.25) is 8.67 Å². The van der Waals surface area contributed by atoms with Gasteiger partial charge in [-0.1, -0.05) is 39.3 Å². The summed E-state index contributed by atoms with van der Waals surface area (Å²) in [5.41, 5.74) is 0.391. The molecule has 1 aliphatic heterocycles. The van der Waals surface area contributed by atoms with Gasteiger partial charge in [-0.25, -0.2) is 8.88 Å². The number of rotatable bonds is 4. The van der Waals surface area contributed by atoms with Gasteiger partial charge in [0, 0.05) is 11.1 Å². The molecule has 1 fully saturated rings. The summed E-state index contributed by atoms with van der Waals surface area (Å²) in [6, 6.07) is 0. The Morgan fingerprint density at radius 1 is 0.583 bits per heavy atom. The summed E-state index contributed by atoms with van der Waals surface area (Å²) in [7, 11) is 1.22. The van der Waals surface area contributed by atoms with E-state index in [-0.39, 0.29) is 11.1 Å². The first-order valence-corrected chi connectivity index (χ1v) is 18.3. The van der Waals surface area contributed by atoms with Crippen molar-refractivity contribution in [1.82, 2.24) is 17.6 Å². The highest BCUT2D eigenvalue weighted by Gasteiger charge is 2.61. The van der Waals surface area contributed by atoms with E-state index in [2.05, 4.69) is 112 Å². The van der Waals surface area contributed by atoms with Gasteiger partial charge in [0.2, 0.25) is 0 Å². The van der Waals surface area contributed by atoms with Crippen LogP contribution in [-0.4, -0.2) is 59.2 Å². The Morgan fingerprint density at radius 3 is 0.917 bits per heavy atom. The van der Waals surface area contributed by atoms with Crippen LogP contribution in [0, 0.1) is 0 Å². The van der Waals surface area contributed by atoms with Gasteiger partial charge in [-0.05, 0) is 55.6 Å². The maximum atomic E-state index is 2.86. The molecule has 1 heterocycles. The molecular formula is C16H42N4P2Si2. The van der Waals surface area contributed by atoms with Crippen LogP contribution in [0.15, 0.2) is 0 Å². The third-order valence-electron chi connectivity index (χ3n) is 4.36. The van der Waals surface area contributed by atoms with Crippen LogP contribution >= 0.6 is 16.7 Å². The lowest BCUT2D eigenvalue weighted by atomic mass is 10.1. The molecule has 0 bridgehead atoms. The number of hydrogen-bond donors (Lipinski definition) is 0. The zero-order valence-corrected chi connectivity index (χ0v) is 22.5. The van der Waals surface area contributed by atoms with Crippen LogP contribution in [0.3, 0.4) is 0 Å². The van der Waals surface area contributed by atoms with E-state index in [4.69, 9.17) is 0 Å². The van der Waals surface area contributed by atoms with Crippen molar-refractivity contribution >= 4 is 33.2 Å². The lowest BCUT2D eigenvalue weighted by Gasteiger charge is -2.70. The number of hydrogen-bond acceptors (Lipinski definition) is 4. The van der Waals surface area contributed by atoms with Crippen molar-refractivity contribution in [2.24, 2.45) is 0 Å². The molecule has 0 amide bonds. The van der Waals surface area contributed by atoms with E-state index in [1.807, 2.05) is 0 Å². The van der Waals surface area contributed by atoms with Crippen molar-refractivity contribution < 1.29 is 0 Å². The summed E-state index contributed by atoms with van der Waals surface area (Å²) in [4.78, 5) is 0. The summed E-state index contributed by atoms with van der Waals surface area (Å²) in [5, 5.41) is 0. The largest absolute Gasteiger partial charge is 0.281 e. The molecule has 0 radical (unpaired) electrons. The average molecular weight is 409 g/mol. The van der Waals surface area contributed by atoms with Crippen molar-refractivity contribution in [3.8, 4) is 0 Å².